The van der Waals surface area contributed by atoms with E-state index >= 15 is 8.78 Å². The molecular formula is C45H47ClF3N11O4. The number of imide groups is 1. The lowest BCUT2D eigenvalue weighted by molar-refractivity contribution is -0.140. The Bertz CT molecular complexity index is 2630. The number of carbonyl (C=O) groups excluding carboxylic acids is 4. The number of hydrogen-bond donors (Lipinski definition) is 3. The lowest BCUT2D eigenvalue weighted by Gasteiger charge is -2.55. The molecule has 6 aliphatic rings. The number of anilines is 4. The van der Waals surface area contributed by atoms with Crippen molar-refractivity contribution in [2.24, 2.45) is 5.41 Å². The third-order valence-electron chi connectivity index (χ3n) is 13.6. The Balaban J connectivity index is 0.735. The van der Waals surface area contributed by atoms with E-state index in [9.17, 15) is 23.6 Å². The molecule has 5 amide bonds. The number of urea groups is 1. The first-order valence-electron chi connectivity index (χ1n) is 21.7. The molecule has 1 saturated carbocycles. The van der Waals surface area contributed by atoms with Crippen molar-refractivity contribution in [3.05, 3.63) is 76.1 Å². The number of amides is 5. The molecule has 64 heavy (non-hydrogen) atoms. The zero-order valence-corrected chi connectivity index (χ0v) is 35.9. The number of carbonyl (C=O) groups is 4. The molecule has 5 fully saturated rings. The van der Waals surface area contributed by atoms with Gasteiger partial charge in [0, 0.05) is 80.9 Å². The number of likely N-dealkylation sites (tertiary alicyclic amines) is 3. The number of aromatic nitrogens is 3. The van der Waals surface area contributed by atoms with Gasteiger partial charge in [0.15, 0.2) is 17.2 Å². The van der Waals surface area contributed by atoms with Crippen molar-refractivity contribution >= 4 is 63.9 Å². The summed E-state index contributed by atoms with van der Waals surface area (Å²) in [6.45, 7) is 3.25. The standard InChI is InChI=1S/C45H47ClF3N11O4/c1-50-33-22-38(54-60-36(23-51-40(33)60)41(62)52-32-21-31(32)47)58-16-9-29-27(4-2-6-34(29)58)5-3-14-55-15-10-37(45(48,49)26-55)56-18-12-44(13-19-56)24-57(25-44)42(63)28-7-8-30(46)35(20-28)59-17-11-39(61)53-43(59)64/h2,4,6-8,20,22-23,31-32,37,50H,9-19,21,24-26H2,1H3,(H,52,62)(H,53,61,64)/t31-,32+,37?/m0/s1. The fourth-order valence-electron chi connectivity index (χ4n) is 9.96. The third kappa shape index (κ3) is 7.77. The number of fused-ring (bicyclic) bond motifs is 2. The normalized spacial score (nSPS) is 23.9. The highest BCUT2D eigenvalue weighted by Gasteiger charge is 2.52. The van der Waals surface area contributed by atoms with Crippen LogP contribution in [0.5, 0.6) is 0 Å². The Morgan fingerprint density at radius 3 is 2.50 bits per heavy atom. The van der Waals surface area contributed by atoms with Gasteiger partial charge in [-0.25, -0.2) is 27.5 Å². The smallest absolute Gasteiger partial charge is 0.328 e. The van der Waals surface area contributed by atoms with Gasteiger partial charge in [-0.3, -0.25) is 34.4 Å². The van der Waals surface area contributed by atoms with Gasteiger partial charge in [-0.1, -0.05) is 29.5 Å². The van der Waals surface area contributed by atoms with Crippen LogP contribution in [-0.2, 0) is 11.2 Å². The highest BCUT2D eigenvalue weighted by Crippen LogP contribution is 2.44. The minimum Gasteiger partial charge on any atom is -0.385 e. The van der Waals surface area contributed by atoms with Gasteiger partial charge >= 0.3 is 6.03 Å². The van der Waals surface area contributed by atoms with Gasteiger partial charge in [-0.05, 0) is 74.7 Å². The number of nitrogens with zero attached hydrogens (tertiary/aromatic N) is 8. The second-order valence-electron chi connectivity index (χ2n) is 17.8. The van der Waals surface area contributed by atoms with E-state index in [1.54, 1.807) is 35.0 Å². The van der Waals surface area contributed by atoms with E-state index in [4.69, 9.17) is 16.7 Å². The number of rotatable bonds is 8. The first-order valence-corrected chi connectivity index (χ1v) is 22.1. The van der Waals surface area contributed by atoms with E-state index in [0.717, 1.165) is 29.7 Å². The van der Waals surface area contributed by atoms with Crippen LogP contribution in [0.3, 0.4) is 0 Å². The molecule has 1 aliphatic carbocycles. The molecule has 3 N–H and O–H groups in total. The maximum Gasteiger partial charge on any atom is 0.328 e. The highest BCUT2D eigenvalue weighted by atomic mass is 35.5. The lowest BCUT2D eigenvalue weighted by atomic mass is 9.71. The Morgan fingerprint density at radius 2 is 1.77 bits per heavy atom. The molecule has 3 atom stereocenters. The Hall–Kier alpha value is -5.90. The zero-order valence-electron chi connectivity index (χ0n) is 35.2. The van der Waals surface area contributed by atoms with Gasteiger partial charge in [0.25, 0.3) is 17.7 Å². The van der Waals surface area contributed by atoms with Crippen LogP contribution in [0.25, 0.3) is 5.65 Å². The minimum absolute atomic E-state index is 0.117. The van der Waals surface area contributed by atoms with Crippen molar-refractivity contribution in [2.75, 3.05) is 81.1 Å². The summed E-state index contributed by atoms with van der Waals surface area (Å²) in [7, 11) is 1.76. The first-order chi connectivity index (χ1) is 30.8. The molecule has 334 valence electrons. The molecule has 1 unspecified atom stereocenters. The molecule has 10 rings (SSSR count). The first kappa shape index (κ1) is 42.1. The van der Waals surface area contributed by atoms with E-state index in [-0.39, 0.29) is 49.0 Å². The van der Waals surface area contributed by atoms with Gasteiger partial charge in [0.05, 0.1) is 47.8 Å². The Labute approximate surface area is 372 Å². The molecule has 7 heterocycles. The van der Waals surface area contributed by atoms with Crippen LogP contribution in [-0.4, -0.2) is 143 Å². The van der Waals surface area contributed by atoms with Crippen molar-refractivity contribution < 1.29 is 32.3 Å². The molecule has 2 aromatic carbocycles. The largest absolute Gasteiger partial charge is 0.385 e. The average molecular weight is 898 g/mol. The predicted molar refractivity (Wildman–Crippen MR) is 233 cm³/mol. The summed E-state index contributed by atoms with van der Waals surface area (Å²) in [5.41, 5.74) is 4.76. The predicted octanol–water partition coefficient (Wildman–Crippen LogP) is 4.70. The topological polar surface area (TPSA) is 151 Å². The van der Waals surface area contributed by atoms with Crippen LogP contribution < -0.4 is 25.8 Å². The van der Waals surface area contributed by atoms with Crippen molar-refractivity contribution in [1.82, 2.24) is 39.9 Å². The molecule has 0 radical (unpaired) electrons. The molecule has 15 nitrogen and oxygen atoms in total. The molecule has 0 bridgehead atoms. The maximum atomic E-state index is 15.9. The molecule has 4 saturated heterocycles. The highest BCUT2D eigenvalue weighted by molar-refractivity contribution is 6.34. The van der Waals surface area contributed by atoms with Crippen LogP contribution in [0.2, 0.25) is 5.02 Å². The number of nitrogens with one attached hydrogen (secondary N) is 3. The van der Waals surface area contributed by atoms with Crippen LogP contribution in [0.15, 0.2) is 48.7 Å². The summed E-state index contributed by atoms with van der Waals surface area (Å²) in [5, 5.41) is 13.2. The van der Waals surface area contributed by atoms with Crippen molar-refractivity contribution in [1.29, 1.82) is 0 Å². The summed E-state index contributed by atoms with van der Waals surface area (Å²) in [6, 6.07) is 10.6. The number of alkyl halides is 3. The average Bonchev–Trinajstić information content (AvgIpc) is 3.58. The second-order valence-corrected chi connectivity index (χ2v) is 18.2. The molecular weight excluding hydrogens is 851 g/mol. The van der Waals surface area contributed by atoms with Gasteiger partial charge in [0.1, 0.15) is 6.17 Å². The van der Waals surface area contributed by atoms with Gasteiger partial charge in [-0.15, -0.1) is 5.10 Å². The van der Waals surface area contributed by atoms with E-state index in [1.807, 2.05) is 29.2 Å². The van der Waals surface area contributed by atoms with E-state index < -0.39 is 36.1 Å². The van der Waals surface area contributed by atoms with Gasteiger partial charge in [-0.2, -0.15) is 0 Å². The minimum atomic E-state index is -2.92. The van der Waals surface area contributed by atoms with Gasteiger partial charge in [0.2, 0.25) is 5.91 Å². The fourth-order valence-corrected chi connectivity index (χ4v) is 10.2. The SMILES string of the molecule is CNc1cc(N2CCc3c(C#CCN4CCC(N5CCC6(CC5)CN(C(=O)c5ccc(Cl)c(N7CCC(=O)NC7=O)c5)C6)C(F)(F)C4)cccc32)nn2c(C(=O)N[C@@H]3C[C@@H]3F)cnc12. The summed E-state index contributed by atoms with van der Waals surface area (Å²) in [5.74, 6) is 3.13. The third-order valence-corrected chi connectivity index (χ3v) is 14.0. The van der Waals surface area contributed by atoms with Crippen LogP contribution in [0.1, 0.15) is 64.1 Å². The van der Waals surface area contributed by atoms with E-state index in [1.165, 1.54) is 15.6 Å². The molecule has 19 heteroatoms. The molecule has 1 spiro atoms. The van der Waals surface area contributed by atoms with Crippen molar-refractivity contribution in [2.45, 2.75) is 62.7 Å². The summed E-state index contributed by atoms with van der Waals surface area (Å²) in [6.07, 6.45) is 3.28. The van der Waals surface area contributed by atoms with Crippen LogP contribution in [0, 0.1) is 17.3 Å². The monoisotopic (exact) mass is 897 g/mol. The summed E-state index contributed by atoms with van der Waals surface area (Å²) in [4.78, 5) is 63.8. The Morgan fingerprint density at radius 1 is 0.984 bits per heavy atom. The quantitative estimate of drug-likeness (QED) is 0.213. The van der Waals surface area contributed by atoms with Gasteiger partial charge < -0.3 is 20.4 Å². The molecule has 5 aliphatic heterocycles. The van der Waals surface area contributed by atoms with Crippen molar-refractivity contribution in [3.8, 4) is 11.8 Å². The number of halogens is 4. The number of imidazole rings is 1. The fraction of sp³-hybridized carbons (Fsp3) is 0.467. The molecule has 4 aromatic rings. The van der Waals surface area contributed by atoms with E-state index in [2.05, 4.69) is 37.7 Å². The number of hydrogen-bond acceptors (Lipinski definition) is 10. The lowest BCUT2D eigenvalue weighted by Crippen LogP contribution is -2.65. The van der Waals surface area contributed by atoms with Crippen molar-refractivity contribution in [3.63, 3.8) is 0 Å². The summed E-state index contributed by atoms with van der Waals surface area (Å²) >= 11 is 6.39. The zero-order chi connectivity index (χ0) is 44.5. The molecule has 2 aromatic heterocycles. The van der Waals surface area contributed by atoms with Crippen LogP contribution in [0.4, 0.5) is 40.8 Å². The van der Waals surface area contributed by atoms with E-state index in [0.29, 0.717) is 92.0 Å². The summed E-state index contributed by atoms with van der Waals surface area (Å²) < 4.78 is 46.8. The second kappa shape index (κ2) is 16.3. The number of benzene rings is 2. The Kier molecular flexibility index (Phi) is 10.7. The van der Waals surface area contributed by atoms with Crippen LogP contribution >= 0.6 is 11.6 Å². The number of piperidine rings is 2. The maximum absolute atomic E-state index is 15.9.